The lowest BCUT2D eigenvalue weighted by Gasteiger charge is -2.11. The van der Waals surface area contributed by atoms with Crippen molar-refractivity contribution in [1.29, 1.82) is 0 Å². The maximum Gasteiger partial charge on any atom is 0.215 e. The molecule has 1 aromatic heterocycles. The first kappa shape index (κ1) is 12.2. The lowest BCUT2D eigenvalue weighted by Crippen LogP contribution is -2.24. The molecule has 0 amide bonds. The number of nitrogens with zero attached hydrogens (tertiary/aromatic N) is 1. The zero-order chi connectivity index (χ0) is 11.9. The van der Waals surface area contributed by atoms with Crippen LogP contribution in [0.4, 0.5) is 5.82 Å². The summed E-state index contributed by atoms with van der Waals surface area (Å²) in [6.07, 6.45) is 3.76. The summed E-state index contributed by atoms with van der Waals surface area (Å²) < 4.78 is 5.36. The minimum Gasteiger partial charge on any atom is -0.478 e. The van der Waals surface area contributed by atoms with Gasteiger partial charge in [-0.1, -0.05) is 6.07 Å². The molecular formula is C13H21N3O. The fourth-order valence-electron chi connectivity index (χ4n) is 2.12. The normalized spacial score (nSPS) is 19.2. The third kappa shape index (κ3) is 3.89. The van der Waals surface area contributed by atoms with E-state index in [4.69, 9.17) is 4.74 Å². The first-order valence-corrected chi connectivity index (χ1v) is 6.45. The standard InChI is InChI=1S/C13H21N3O/c1-2-17-13-7-3-6-12(16-13)15-10-8-11-5-4-9-14-11/h3,6-7,11,14H,2,4-5,8-10H2,1H3,(H,15,16)/t11-/m1/s1. The summed E-state index contributed by atoms with van der Waals surface area (Å²) >= 11 is 0. The highest BCUT2D eigenvalue weighted by Gasteiger charge is 2.12. The molecule has 2 heterocycles. The Kier molecular flexibility index (Phi) is 4.62. The van der Waals surface area contributed by atoms with Gasteiger partial charge in [-0.05, 0) is 38.8 Å². The Morgan fingerprint density at radius 3 is 3.24 bits per heavy atom. The summed E-state index contributed by atoms with van der Waals surface area (Å²) in [7, 11) is 0. The highest BCUT2D eigenvalue weighted by molar-refractivity contribution is 5.36. The lowest BCUT2D eigenvalue weighted by molar-refractivity contribution is 0.327. The van der Waals surface area contributed by atoms with Crippen molar-refractivity contribution in [3.05, 3.63) is 18.2 Å². The van der Waals surface area contributed by atoms with Gasteiger partial charge in [-0.2, -0.15) is 4.98 Å². The molecular weight excluding hydrogens is 214 g/mol. The number of nitrogens with one attached hydrogen (secondary N) is 2. The number of anilines is 1. The Morgan fingerprint density at radius 1 is 1.53 bits per heavy atom. The number of rotatable bonds is 6. The molecule has 0 aromatic carbocycles. The quantitative estimate of drug-likeness (QED) is 0.792. The summed E-state index contributed by atoms with van der Waals surface area (Å²) in [4.78, 5) is 4.37. The van der Waals surface area contributed by atoms with Crippen LogP contribution in [0.1, 0.15) is 26.2 Å². The average molecular weight is 235 g/mol. The van der Waals surface area contributed by atoms with Crippen molar-refractivity contribution in [2.75, 3.05) is 25.0 Å². The van der Waals surface area contributed by atoms with Crippen LogP contribution in [0.25, 0.3) is 0 Å². The molecule has 1 atom stereocenters. The van der Waals surface area contributed by atoms with Crippen LogP contribution in [0.2, 0.25) is 0 Å². The second-order valence-electron chi connectivity index (χ2n) is 4.30. The Balaban J connectivity index is 1.75. The van der Waals surface area contributed by atoms with E-state index >= 15 is 0 Å². The van der Waals surface area contributed by atoms with E-state index < -0.39 is 0 Å². The van der Waals surface area contributed by atoms with Gasteiger partial charge in [0.25, 0.3) is 0 Å². The molecule has 0 radical (unpaired) electrons. The van der Waals surface area contributed by atoms with Gasteiger partial charge in [0.2, 0.25) is 5.88 Å². The molecule has 1 fully saturated rings. The molecule has 0 aliphatic carbocycles. The van der Waals surface area contributed by atoms with E-state index in [2.05, 4.69) is 15.6 Å². The van der Waals surface area contributed by atoms with Crippen LogP contribution in [0.3, 0.4) is 0 Å². The number of ether oxygens (including phenoxy) is 1. The average Bonchev–Trinajstić information content (AvgIpc) is 2.83. The highest BCUT2D eigenvalue weighted by Crippen LogP contribution is 2.12. The molecule has 2 N–H and O–H groups in total. The molecule has 2 rings (SSSR count). The molecule has 4 nitrogen and oxygen atoms in total. The number of hydrogen-bond acceptors (Lipinski definition) is 4. The van der Waals surface area contributed by atoms with Crippen LogP contribution < -0.4 is 15.4 Å². The maximum atomic E-state index is 5.36. The van der Waals surface area contributed by atoms with Gasteiger partial charge in [0.15, 0.2) is 0 Å². The molecule has 1 saturated heterocycles. The summed E-state index contributed by atoms with van der Waals surface area (Å²) in [6.45, 7) is 4.75. The van der Waals surface area contributed by atoms with E-state index in [0.717, 1.165) is 18.8 Å². The van der Waals surface area contributed by atoms with Gasteiger partial charge in [-0.15, -0.1) is 0 Å². The predicted octanol–water partition coefficient (Wildman–Crippen LogP) is 2.03. The van der Waals surface area contributed by atoms with Gasteiger partial charge in [0, 0.05) is 18.7 Å². The molecule has 0 bridgehead atoms. The van der Waals surface area contributed by atoms with E-state index in [1.807, 2.05) is 25.1 Å². The highest BCUT2D eigenvalue weighted by atomic mass is 16.5. The lowest BCUT2D eigenvalue weighted by atomic mass is 10.1. The van der Waals surface area contributed by atoms with Crippen molar-refractivity contribution in [3.8, 4) is 5.88 Å². The van der Waals surface area contributed by atoms with Gasteiger partial charge in [-0.25, -0.2) is 0 Å². The van der Waals surface area contributed by atoms with Crippen LogP contribution in [0, 0.1) is 0 Å². The summed E-state index contributed by atoms with van der Waals surface area (Å²) in [5.41, 5.74) is 0. The molecule has 1 aliphatic heterocycles. The Labute approximate surface area is 103 Å². The molecule has 17 heavy (non-hydrogen) atoms. The van der Waals surface area contributed by atoms with Crippen molar-refractivity contribution in [2.24, 2.45) is 0 Å². The Morgan fingerprint density at radius 2 is 2.47 bits per heavy atom. The fourth-order valence-corrected chi connectivity index (χ4v) is 2.12. The van der Waals surface area contributed by atoms with Gasteiger partial charge in [0.05, 0.1) is 6.61 Å². The first-order valence-electron chi connectivity index (χ1n) is 6.45. The Bertz CT molecular complexity index is 337. The Hall–Kier alpha value is -1.29. The molecule has 0 saturated carbocycles. The van der Waals surface area contributed by atoms with Crippen LogP contribution in [0.5, 0.6) is 5.88 Å². The molecule has 4 heteroatoms. The molecule has 1 aromatic rings. The van der Waals surface area contributed by atoms with E-state index in [-0.39, 0.29) is 0 Å². The van der Waals surface area contributed by atoms with E-state index in [1.54, 1.807) is 0 Å². The number of aromatic nitrogens is 1. The van der Waals surface area contributed by atoms with Crippen molar-refractivity contribution >= 4 is 5.82 Å². The van der Waals surface area contributed by atoms with E-state index in [1.165, 1.54) is 19.4 Å². The number of pyridine rings is 1. The molecule has 0 unspecified atom stereocenters. The van der Waals surface area contributed by atoms with Crippen LogP contribution >= 0.6 is 0 Å². The zero-order valence-electron chi connectivity index (χ0n) is 10.4. The maximum absolute atomic E-state index is 5.36. The van der Waals surface area contributed by atoms with Gasteiger partial charge >= 0.3 is 0 Å². The number of hydrogen-bond donors (Lipinski definition) is 2. The third-order valence-corrected chi connectivity index (χ3v) is 2.98. The minimum atomic E-state index is 0.655. The molecule has 1 aliphatic rings. The third-order valence-electron chi connectivity index (χ3n) is 2.98. The smallest absolute Gasteiger partial charge is 0.215 e. The van der Waals surface area contributed by atoms with Crippen LogP contribution in [0.15, 0.2) is 18.2 Å². The molecule has 0 spiro atoms. The van der Waals surface area contributed by atoms with Gasteiger partial charge in [0.1, 0.15) is 5.82 Å². The van der Waals surface area contributed by atoms with E-state index in [0.29, 0.717) is 18.5 Å². The SMILES string of the molecule is CCOc1cccc(NCC[C@H]2CCCN2)n1. The summed E-state index contributed by atoms with van der Waals surface area (Å²) in [6, 6.07) is 6.50. The first-order chi connectivity index (χ1) is 8.38. The van der Waals surface area contributed by atoms with Crippen molar-refractivity contribution in [2.45, 2.75) is 32.2 Å². The minimum absolute atomic E-state index is 0.655. The van der Waals surface area contributed by atoms with Gasteiger partial charge in [-0.3, -0.25) is 0 Å². The van der Waals surface area contributed by atoms with Gasteiger partial charge < -0.3 is 15.4 Å². The zero-order valence-corrected chi connectivity index (χ0v) is 10.4. The van der Waals surface area contributed by atoms with Crippen molar-refractivity contribution in [1.82, 2.24) is 10.3 Å². The molecule has 94 valence electrons. The second-order valence-corrected chi connectivity index (χ2v) is 4.30. The topological polar surface area (TPSA) is 46.2 Å². The van der Waals surface area contributed by atoms with Crippen LogP contribution in [-0.2, 0) is 0 Å². The largest absolute Gasteiger partial charge is 0.478 e. The predicted molar refractivity (Wildman–Crippen MR) is 69.5 cm³/mol. The summed E-state index contributed by atoms with van der Waals surface area (Å²) in [5, 5.41) is 6.83. The monoisotopic (exact) mass is 235 g/mol. The second kappa shape index (κ2) is 6.45. The summed E-state index contributed by atoms with van der Waals surface area (Å²) in [5.74, 6) is 1.59. The van der Waals surface area contributed by atoms with Crippen molar-refractivity contribution < 1.29 is 4.74 Å². The van der Waals surface area contributed by atoms with Crippen molar-refractivity contribution in [3.63, 3.8) is 0 Å². The van der Waals surface area contributed by atoms with Crippen LogP contribution in [-0.4, -0.2) is 30.7 Å². The fraction of sp³-hybridized carbons (Fsp3) is 0.615. The van der Waals surface area contributed by atoms with E-state index in [9.17, 15) is 0 Å².